The first kappa shape index (κ1) is 13.2. The van der Waals surface area contributed by atoms with Gasteiger partial charge in [0.2, 0.25) is 5.43 Å². The number of nitrogens with two attached hydrogens (primary N) is 1. The Morgan fingerprint density at radius 2 is 2.25 bits per heavy atom. The van der Waals surface area contributed by atoms with E-state index in [2.05, 4.69) is 35.0 Å². The molecule has 0 amide bonds. The molecule has 1 aliphatic heterocycles. The molecule has 2 heterocycles. The molecule has 1 atom stereocenters. The predicted molar refractivity (Wildman–Crippen MR) is 82.1 cm³/mol. The Bertz CT molecular complexity index is 698. The number of fused-ring (bicyclic) bond motifs is 1. The van der Waals surface area contributed by atoms with E-state index in [0.717, 1.165) is 12.2 Å². The average molecular weight is 335 g/mol. The minimum Gasteiger partial charge on any atom is -0.488 e. The molecule has 0 saturated carbocycles. The third-order valence-corrected chi connectivity index (χ3v) is 4.00. The van der Waals surface area contributed by atoms with E-state index < -0.39 is 0 Å². The van der Waals surface area contributed by atoms with Crippen LogP contribution in [0.4, 0.5) is 5.69 Å². The van der Waals surface area contributed by atoms with Crippen molar-refractivity contribution in [1.82, 2.24) is 4.57 Å². The molecule has 0 spiro atoms. The van der Waals surface area contributed by atoms with Gasteiger partial charge < -0.3 is 15.0 Å². The zero-order valence-corrected chi connectivity index (χ0v) is 12.7. The molecule has 4 nitrogen and oxygen atoms in total. The van der Waals surface area contributed by atoms with Crippen molar-refractivity contribution in [3.63, 3.8) is 0 Å². The topological polar surface area (TPSA) is 57.2 Å². The number of rotatable bonds is 2. The Morgan fingerprint density at radius 1 is 1.45 bits per heavy atom. The summed E-state index contributed by atoms with van der Waals surface area (Å²) in [6, 6.07) is 6.22. The van der Waals surface area contributed by atoms with Crippen molar-refractivity contribution >= 4 is 21.6 Å². The highest BCUT2D eigenvalue weighted by Crippen LogP contribution is 2.30. The maximum absolute atomic E-state index is 11.6. The summed E-state index contributed by atoms with van der Waals surface area (Å²) in [5.41, 5.74) is 8.24. The molecule has 2 N–H and O–H groups in total. The molecular formula is C15H15BrN2O2. The van der Waals surface area contributed by atoms with E-state index in [9.17, 15) is 4.79 Å². The zero-order chi connectivity index (χ0) is 14.3. The Hall–Kier alpha value is -1.75. The predicted octanol–water partition coefficient (Wildman–Crippen LogP) is 2.51. The second kappa shape index (κ2) is 4.98. The fourth-order valence-corrected chi connectivity index (χ4v) is 3.00. The van der Waals surface area contributed by atoms with Crippen molar-refractivity contribution in [2.24, 2.45) is 0 Å². The number of hydrogen-bond acceptors (Lipinski definition) is 3. The van der Waals surface area contributed by atoms with Gasteiger partial charge >= 0.3 is 0 Å². The third-order valence-electron chi connectivity index (χ3n) is 3.43. The highest BCUT2D eigenvalue weighted by Gasteiger charge is 2.23. The van der Waals surface area contributed by atoms with Crippen LogP contribution in [0.2, 0.25) is 0 Å². The van der Waals surface area contributed by atoms with Crippen LogP contribution in [0, 0.1) is 6.92 Å². The van der Waals surface area contributed by atoms with E-state index >= 15 is 0 Å². The molecule has 3 rings (SSSR count). The number of nitrogens with zero attached hydrogens (tertiary/aromatic N) is 1. The summed E-state index contributed by atoms with van der Waals surface area (Å²) in [5.74, 6) is 0.952. The van der Waals surface area contributed by atoms with Crippen LogP contribution in [0.15, 0.2) is 39.9 Å². The minimum atomic E-state index is -0.174. The summed E-state index contributed by atoms with van der Waals surface area (Å²) in [6.45, 7) is 2.74. The third kappa shape index (κ3) is 2.45. The Kier molecular flexibility index (Phi) is 3.30. The van der Waals surface area contributed by atoms with Crippen molar-refractivity contribution in [2.45, 2.75) is 26.0 Å². The van der Waals surface area contributed by atoms with Crippen molar-refractivity contribution in [3.8, 4) is 5.75 Å². The van der Waals surface area contributed by atoms with Gasteiger partial charge in [0.05, 0.1) is 16.7 Å². The molecule has 5 heteroatoms. The van der Waals surface area contributed by atoms with E-state index in [-0.39, 0.29) is 17.2 Å². The van der Waals surface area contributed by atoms with Crippen LogP contribution in [0.5, 0.6) is 5.75 Å². The number of aromatic nitrogens is 1. The SMILES string of the molecule is Cc1ccc2c(c1)CC(Cn1cc(N)c(=O)c(Br)c1)O2. The van der Waals surface area contributed by atoms with Crippen LogP contribution < -0.4 is 15.9 Å². The van der Waals surface area contributed by atoms with Crippen LogP contribution in [-0.4, -0.2) is 10.7 Å². The van der Waals surface area contributed by atoms with Crippen LogP contribution in [0.1, 0.15) is 11.1 Å². The summed E-state index contributed by atoms with van der Waals surface area (Å²) in [7, 11) is 0. The largest absolute Gasteiger partial charge is 0.488 e. The molecule has 1 unspecified atom stereocenters. The number of nitrogen functional groups attached to an aromatic ring is 1. The van der Waals surface area contributed by atoms with Crippen molar-refractivity contribution in [3.05, 3.63) is 56.4 Å². The summed E-state index contributed by atoms with van der Waals surface area (Å²) in [4.78, 5) is 11.6. The van der Waals surface area contributed by atoms with Gasteiger partial charge in [0.1, 0.15) is 11.9 Å². The van der Waals surface area contributed by atoms with E-state index in [4.69, 9.17) is 10.5 Å². The summed E-state index contributed by atoms with van der Waals surface area (Å²) >= 11 is 3.23. The zero-order valence-electron chi connectivity index (χ0n) is 11.1. The first-order valence-electron chi connectivity index (χ1n) is 6.44. The van der Waals surface area contributed by atoms with Gasteiger partial charge in [0, 0.05) is 18.8 Å². The molecule has 1 aromatic carbocycles. The van der Waals surface area contributed by atoms with Crippen molar-refractivity contribution in [1.29, 1.82) is 0 Å². The van der Waals surface area contributed by atoms with Crippen LogP contribution >= 0.6 is 15.9 Å². The molecule has 1 aliphatic rings. The number of halogens is 1. The van der Waals surface area contributed by atoms with E-state index in [0.29, 0.717) is 11.0 Å². The maximum atomic E-state index is 11.6. The van der Waals surface area contributed by atoms with Gasteiger partial charge in [-0.15, -0.1) is 0 Å². The fourth-order valence-electron chi connectivity index (χ4n) is 2.51. The number of anilines is 1. The summed E-state index contributed by atoms with van der Waals surface area (Å²) in [6.07, 6.45) is 4.35. The molecule has 0 saturated heterocycles. The van der Waals surface area contributed by atoms with Gasteiger partial charge in [-0.05, 0) is 34.5 Å². The summed E-state index contributed by atoms with van der Waals surface area (Å²) < 4.78 is 8.29. The van der Waals surface area contributed by atoms with E-state index in [1.54, 1.807) is 12.4 Å². The Morgan fingerprint density at radius 3 is 3.00 bits per heavy atom. The number of ether oxygens (including phenoxy) is 1. The Labute approximate surface area is 125 Å². The van der Waals surface area contributed by atoms with Gasteiger partial charge in [-0.25, -0.2) is 0 Å². The van der Waals surface area contributed by atoms with Crippen LogP contribution in [0.3, 0.4) is 0 Å². The van der Waals surface area contributed by atoms with E-state index in [1.807, 2.05) is 10.6 Å². The monoisotopic (exact) mass is 334 g/mol. The van der Waals surface area contributed by atoms with Crippen molar-refractivity contribution < 1.29 is 4.74 Å². The number of hydrogen-bond donors (Lipinski definition) is 1. The number of pyridine rings is 1. The molecule has 0 radical (unpaired) electrons. The van der Waals surface area contributed by atoms with Gasteiger partial charge in [0.15, 0.2) is 0 Å². The van der Waals surface area contributed by atoms with Gasteiger partial charge in [-0.3, -0.25) is 4.79 Å². The lowest BCUT2D eigenvalue weighted by atomic mass is 10.1. The highest BCUT2D eigenvalue weighted by atomic mass is 79.9. The average Bonchev–Trinajstić information content (AvgIpc) is 2.77. The molecular weight excluding hydrogens is 320 g/mol. The van der Waals surface area contributed by atoms with E-state index in [1.165, 1.54) is 11.1 Å². The minimum absolute atomic E-state index is 0.0700. The second-order valence-corrected chi connectivity index (χ2v) is 6.00. The molecule has 2 aromatic rings. The Balaban J connectivity index is 1.80. The second-order valence-electron chi connectivity index (χ2n) is 5.14. The van der Waals surface area contributed by atoms with Gasteiger partial charge in [-0.1, -0.05) is 17.7 Å². The normalized spacial score (nSPS) is 16.8. The molecule has 0 bridgehead atoms. The summed E-state index contributed by atoms with van der Waals surface area (Å²) in [5, 5.41) is 0. The quantitative estimate of drug-likeness (QED) is 0.917. The first-order valence-corrected chi connectivity index (χ1v) is 7.23. The lowest BCUT2D eigenvalue weighted by molar-refractivity contribution is 0.209. The highest BCUT2D eigenvalue weighted by molar-refractivity contribution is 9.10. The van der Waals surface area contributed by atoms with Crippen LogP contribution in [-0.2, 0) is 13.0 Å². The first-order chi connectivity index (χ1) is 9.52. The standard InChI is InChI=1S/C15H15BrN2O2/c1-9-2-3-14-10(4-9)5-11(20-14)6-18-7-12(16)15(19)13(17)8-18/h2-4,7-8,11H,5-6,17H2,1H3. The number of benzene rings is 1. The molecule has 0 aliphatic carbocycles. The molecule has 0 fully saturated rings. The number of aryl methyl sites for hydroxylation is 1. The van der Waals surface area contributed by atoms with Crippen LogP contribution in [0.25, 0.3) is 0 Å². The van der Waals surface area contributed by atoms with Gasteiger partial charge in [0.25, 0.3) is 0 Å². The molecule has 104 valence electrons. The lowest BCUT2D eigenvalue weighted by Crippen LogP contribution is -2.22. The van der Waals surface area contributed by atoms with Crippen molar-refractivity contribution in [2.75, 3.05) is 5.73 Å². The molecule has 20 heavy (non-hydrogen) atoms. The maximum Gasteiger partial charge on any atom is 0.218 e. The fraction of sp³-hybridized carbons (Fsp3) is 0.267. The van der Waals surface area contributed by atoms with Gasteiger partial charge in [-0.2, -0.15) is 0 Å². The lowest BCUT2D eigenvalue weighted by Gasteiger charge is -2.14. The smallest absolute Gasteiger partial charge is 0.218 e. The molecule has 1 aromatic heterocycles.